The van der Waals surface area contributed by atoms with Crippen LogP contribution >= 0.6 is 11.3 Å². The van der Waals surface area contributed by atoms with Crippen LogP contribution in [-0.2, 0) is 14.4 Å². The zero-order chi connectivity index (χ0) is 27.2. The summed E-state index contributed by atoms with van der Waals surface area (Å²) in [6.07, 6.45) is 6.56. The quantitative estimate of drug-likeness (QED) is 0.272. The van der Waals surface area contributed by atoms with Crippen LogP contribution in [0.2, 0.25) is 0 Å². The van der Waals surface area contributed by atoms with E-state index in [4.69, 9.17) is 0 Å². The lowest BCUT2D eigenvalue weighted by Gasteiger charge is -2.40. The number of nitrogens with zero attached hydrogens (tertiary/aromatic N) is 3. The van der Waals surface area contributed by atoms with Crippen LogP contribution < -0.4 is 5.32 Å². The number of rotatable bonds is 10. The minimum absolute atomic E-state index is 0.0288. The van der Waals surface area contributed by atoms with Gasteiger partial charge in [-0.1, -0.05) is 52.5 Å². The lowest BCUT2D eigenvalue weighted by atomic mass is 9.84. The third-order valence-electron chi connectivity index (χ3n) is 7.77. The summed E-state index contributed by atoms with van der Waals surface area (Å²) in [6, 6.07) is 2.91. The Morgan fingerprint density at radius 2 is 1.84 bits per heavy atom. The monoisotopic (exact) mass is 534 g/mol. The predicted molar refractivity (Wildman–Crippen MR) is 142 cm³/mol. The van der Waals surface area contributed by atoms with Gasteiger partial charge in [0, 0.05) is 26.2 Å². The van der Waals surface area contributed by atoms with Crippen LogP contribution in [0.15, 0.2) is 17.5 Å². The Kier molecular flexibility index (Phi) is 10.1. The molecule has 0 spiro atoms. The SMILES string of the molecule is CN(C(=O)C(NC(=O)C(CC1CCCC1)CN(O)C=O)C(C)(C)C)C1CCN(C(=O)c2cccs2)CC1. The fraction of sp³-hybridized carbons (Fsp3) is 0.704. The van der Waals surface area contributed by atoms with Gasteiger partial charge in [-0.2, -0.15) is 0 Å². The van der Waals surface area contributed by atoms with E-state index in [2.05, 4.69) is 5.32 Å². The number of thiophene rings is 1. The fourth-order valence-corrected chi connectivity index (χ4v) is 6.18. The van der Waals surface area contributed by atoms with Crippen LogP contribution in [-0.4, -0.2) is 83.0 Å². The van der Waals surface area contributed by atoms with Crippen molar-refractivity contribution in [3.8, 4) is 0 Å². The third-order valence-corrected chi connectivity index (χ3v) is 8.63. The molecule has 2 fully saturated rings. The molecule has 1 saturated heterocycles. The van der Waals surface area contributed by atoms with Gasteiger partial charge in [-0.05, 0) is 42.0 Å². The normalized spacial score (nSPS) is 18.8. The number of amides is 4. The van der Waals surface area contributed by atoms with Gasteiger partial charge in [-0.15, -0.1) is 11.3 Å². The Morgan fingerprint density at radius 1 is 1.19 bits per heavy atom. The molecule has 4 amide bonds. The van der Waals surface area contributed by atoms with Crippen molar-refractivity contribution in [3.63, 3.8) is 0 Å². The molecule has 2 heterocycles. The molecular formula is C27H42N4O5S. The van der Waals surface area contributed by atoms with Gasteiger partial charge < -0.3 is 15.1 Å². The lowest BCUT2D eigenvalue weighted by Crippen LogP contribution is -2.58. The third kappa shape index (κ3) is 7.77. The van der Waals surface area contributed by atoms with Crippen LogP contribution in [0.1, 0.15) is 75.4 Å². The minimum Gasteiger partial charge on any atom is -0.344 e. The summed E-state index contributed by atoms with van der Waals surface area (Å²) in [5, 5.41) is 15.2. The highest BCUT2D eigenvalue weighted by Crippen LogP contribution is 2.31. The van der Waals surface area contributed by atoms with Crippen molar-refractivity contribution >= 4 is 35.5 Å². The molecule has 2 unspecified atom stereocenters. The standard InChI is InChI=1S/C27H42N4O5S/c1-27(2,3)23(28-24(33)20(17-31(36)18-32)16-19-8-5-6-9-19)26(35)29(4)21-11-13-30(14-12-21)25(34)22-10-7-15-37-22/h7,10,15,18-21,23,36H,5-6,8-9,11-14,16-17H2,1-4H3,(H,28,33). The molecule has 2 N–H and O–H groups in total. The van der Waals surface area contributed by atoms with E-state index in [0.717, 1.165) is 30.6 Å². The van der Waals surface area contributed by atoms with E-state index in [-0.39, 0.29) is 30.3 Å². The highest BCUT2D eigenvalue weighted by Gasteiger charge is 2.39. The average Bonchev–Trinajstić information content (AvgIpc) is 3.59. The van der Waals surface area contributed by atoms with E-state index in [0.29, 0.717) is 49.7 Å². The van der Waals surface area contributed by atoms with Crippen LogP contribution in [0.25, 0.3) is 0 Å². The molecule has 0 radical (unpaired) electrons. The number of likely N-dealkylation sites (N-methyl/N-ethyl adjacent to an activating group) is 1. The number of hydroxylamine groups is 2. The van der Waals surface area contributed by atoms with E-state index in [1.165, 1.54) is 11.3 Å². The summed E-state index contributed by atoms with van der Waals surface area (Å²) in [7, 11) is 1.77. The first-order valence-electron chi connectivity index (χ1n) is 13.3. The number of hydrogen-bond acceptors (Lipinski definition) is 6. The molecule has 0 bridgehead atoms. The summed E-state index contributed by atoms with van der Waals surface area (Å²) in [5.74, 6) is -0.661. The van der Waals surface area contributed by atoms with Gasteiger partial charge in [-0.3, -0.25) is 24.4 Å². The summed E-state index contributed by atoms with van der Waals surface area (Å²) >= 11 is 1.43. The second-order valence-corrected chi connectivity index (χ2v) is 12.5. The molecule has 37 heavy (non-hydrogen) atoms. The lowest BCUT2D eigenvalue weighted by molar-refractivity contribution is -0.156. The molecule has 1 aromatic rings. The molecule has 2 atom stereocenters. The maximum absolute atomic E-state index is 13.7. The zero-order valence-corrected chi connectivity index (χ0v) is 23.3. The molecule has 1 saturated carbocycles. The largest absolute Gasteiger partial charge is 0.344 e. The van der Waals surface area contributed by atoms with Gasteiger partial charge >= 0.3 is 0 Å². The Hall–Kier alpha value is -2.46. The first-order valence-corrected chi connectivity index (χ1v) is 14.2. The highest BCUT2D eigenvalue weighted by molar-refractivity contribution is 7.12. The number of carbonyl (C=O) groups excluding carboxylic acids is 4. The van der Waals surface area contributed by atoms with Crippen LogP contribution in [0.4, 0.5) is 0 Å². The molecule has 1 aromatic heterocycles. The van der Waals surface area contributed by atoms with Crippen molar-refractivity contribution in [2.24, 2.45) is 17.3 Å². The van der Waals surface area contributed by atoms with Gasteiger partial charge in [0.1, 0.15) is 6.04 Å². The Labute approximate surface area is 224 Å². The number of piperidine rings is 1. The summed E-state index contributed by atoms with van der Waals surface area (Å²) in [6.45, 7) is 6.81. The van der Waals surface area contributed by atoms with Crippen molar-refractivity contribution < 1.29 is 24.4 Å². The second-order valence-electron chi connectivity index (χ2n) is 11.6. The number of likely N-dealkylation sites (tertiary alicyclic amines) is 1. The smallest absolute Gasteiger partial charge is 0.263 e. The topological polar surface area (TPSA) is 110 Å². The van der Waals surface area contributed by atoms with E-state index < -0.39 is 17.4 Å². The molecule has 0 aromatic carbocycles. The van der Waals surface area contributed by atoms with E-state index in [1.807, 2.05) is 43.2 Å². The molecule has 2 aliphatic rings. The Bertz CT molecular complexity index is 918. The second kappa shape index (κ2) is 12.9. The van der Waals surface area contributed by atoms with Crippen LogP contribution in [0, 0.1) is 17.3 Å². The molecular weight excluding hydrogens is 492 g/mol. The number of nitrogens with one attached hydrogen (secondary N) is 1. The van der Waals surface area contributed by atoms with E-state index in [9.17, 15) is 24.4 Å². The summed E-state index contributed by atoms with van der Waals surface area (Å²) in [4.78, 5) is 55.1. The van der Waals surface area contributed by atoms with Crippen LogP contribution in [0.3, 0.4) is 0 Å². The van der Waals surface area contributed by atoms with Gasteiger partial charge in [0.25, 0.3) is 5.91 Å². The molecule has 3 rings (SSSR count). The number of hydrogen-bond donors (Lipinski definition) is 2. The molecule has 1 aliphatic carbocycles. The van der Waals surface area contributed by atoms with E-state index >= 15 is 0 Å². The average molecular weight is 535 g/mol. The van der Waals surface area contributed by atoms with E-state index in [1.54, 1.807) is 11.9 Å². The minimum atomic E-state index is -0.759. The first-order chi connectivity index (χ1) is 17.5. The fourth-order valence-electron chi connectivity index (χ4n) is 5.49. The molecule has 206 valence electrons. The zero-order valence-electron chi connectivity index (χ0n) is 22.5. The van der Waals surface area contributed by atoms with Gasteiger partial charge in [0.2, 0.25) is 18.2 Å². The van der Waals surface area contributed by atoms with Gasteiger partial charge in [0.15, 0.2) is 0 Å². The summed E-state index contributed by atoms with van der Waals surface area (Å²) in [5.41, 5.74) is -0.543. The highest BCUT2D eigenvalue weighted by atomic mass is 32.1. The first kappa shape index (κ1) is 29.1. The van der Waals surface area contributed by atoms with Crippen molar-refractivity contribution in [2.45, 2.75) is 77.8 Å². The molecule has 10 heteroatoms. The van der Waals surface area contributed by atoms with Gasteiger partial charge in [0.05, 0.1) is 17.3 Å². The molecule has 1 aliphatic heterocycles. The van der Waals surface area contributed by atoms with Gasteiger partial charge in [-0.25, -0.2) is 5.06 Å². The predicted octanol–water partition coefficient (Wildman–Crippen LogP) is 3.39. The van der Waals surface area contributed by atoms with Crippen molar-refractivity contribution in [1.82, 2.24) is 20.2 Å². The maximum atomic E-state index is 13.7. The Morgan fingerprint density at radius 3 is 2.38 bits per heavy atom. The van der Waals surface area contributed by atoms with Crippen molar-refractivity contribution in [1.29, 1.82) is 0 Å². The molecule has 9 nitrogen and oxygen atoms in total. The van der Waals surface area contributed by atoms with Crippen molar-refractivity contribution in [2.75, 3.05) is 26.7 Å². The number of carbonyl (C=O) groups is 4. The van der Waals surface area contributed by atoms with Crippen molar-refractivity contribution in [3.05, 3.63) is 22.4 Å². The summed E-state index contributed by atoms with van der Waals surface area (Å²) < 4.78 is 0. The van der Waals surface area contributed by atoms with Crippen LogP contribution in [0.5, 0.6) is 0 Å². The maximum Gasteiger partial charge on any atom is 0.263 e. The Balaban J connectivity index is 1.64.